The summed E-state index contributed by atoms with van der Waals surface area (Å²) < 4.78 is 0. The molecule has 0 aliphatic rings. The molecule has 2 heterocycles. The number of nitrogens with zero attached hydrogens (tertiary/aromatic N) is 2. The van der Waals surface area contributed by atoms with Gasteiger partial charge < -0.3 is 5.73 Å². The summed E-state index contributed by atoms with van der Waals surface area (Å²) >= 11 is 2.86. The molecule has 0 saturated heterocycles. The van der Waals surface area contributed by atoms with Crippen LogP contribution in [0.25, 0.3) is 10.6 Å². The molecule has 2 aromatic heterocycles. The zero-order valence-corrected chi connectivity index (χ0v) is 12.4. The smallest absolute Gasteiger partial charge is 0.261 e. The summed E-state index contributed by atoms with van der Waals surface area (Å²) in [5, 5.41) is 0.916. The Balaban J connectivity index is 2.63. The van der Waals surface area contributed by atoms with E-state index in [2.05, 4.69) is 30.7 Å². The van der Waals surface area contributed by atoms with Crippen LogP contribution in [0.15, 0.2) is 5.51 Å². The van der Waals surface area contributed by atoms with Gasteiger partial charge in [-0.15, -0.1) is 22.7 Å². The first-order valence-electron chi connectivity index (χ1n) is 5.52. The summed E-state index contributed by atoms with van der Waals surface area (Å²) in [7, 11) is 0. The molecule has 0 aliphatic heterocycles. The molecule has 96 valence electrons. The van der Waals surface area contributed by atoms with Crippen LogP contribution < -0.4 is 5.73 Å². The Morgan fingerprint density at radius 1 is 1.39 bits per heavy atom. The van der Waals surface area contributed by atoms with Gasteiger partial charge in [0.2, 0.25) is 0 Å². The van der Waals surface area contributed by atoms with Crippen LogP contribution in [0.3, 0.4) is 0 Å². The molecule has 2 aromatic rings. The second kappa shape index (κ2) is 4.44. The van der Waals surface area contributed by atoms with Crippen LogP contribution in [0.1, 0.15) is 41.1 Å². The molecule has 0 fully saturated rings. The van der Waals surface area contributed by atoms with Gasteiger partial charge in [0.05, 0.1) is 21.1 Å². The lowest BCUT2D eigenvalue weighted by Crippen LogP contribution is -2.10. The van der Waals surface area contributed by atoms with E-state index in [0.29, 0.717) is 10.6 Å². The number of hydrogen-bond donors (Lipinski definition) is 1. The molecule has 0 saturated carbocycles. The number of rotatable bonds is 2. The molecule has 18 heavy (non-hydrogen) atoms. The van der Waals surface area contributed by atoms with Crippen LogP contribution in [-0.2, 0) is 5.41 Å². The molecule has 0 spiro atoms. The molecule has 0 radical (unpaired) electrons. The van der Waals surface area contributed by atoms with E-state index in [-0.39, 0.29) is 5.41 Å². The van der Waals surface area contributed by atoms with Crippen molar-refractivity contribution in [3.05, 3.63) is 21.1 Å². The predicted octanol–water partition coefficient (Wildman–Crippen LogP) is 2.97. The highest BCUT2D eigenvalue weighted by molar-refractivity contribution is 7.16. The lowest BCUT2D eigenvalue weighted by Gasteiger charge is -2.13. The van der Waals surface area contributed by atoms with Crippen LogP contribution in [0.2, 0.25) is 0 Å². The molecular weight excluding hydrogens is 266 g/mol. The molecule has 2 N–H and O–H groups in total. The van der Waals surface area contributed by atoms with Gasteiger partial charge in [-0.3, -0.25) is 4.79 Å². The minimum atomic E-state index is -0.425. The van der Waals surface area contributed by atoms with Crippen LogP contribution in [0.5, 0.6) is 0 Å². The monoisotopic (exact) mass is 281 g/mol. The molecule has 0 aromatic carbocycles. The number of aryl methyl sites for hydroxylation is 1. The van der Waals surface area contributed by atoms with E-state index in [1.165, 1.54) is 22.7 Å². The normalized spacial score (nSPS) is 11.8. The number of primary amides is 1. The average molecular weight is 281 g/mol. The van der Waals surface area contributed by atoms with E-state index in [0.717, 1.165) is 15.6 Å². The van der Waals surface area contributed by atoms with Crippen LogP contribution in [0, 0.1) is 6.92 Å². The van der Waals surface area contributed by atoms with E-state index in [4.69, 9.17) is 5.73 Å². The molecule has 0 atom stereocenters. The van der Waals surface area contributed by atoms with Crippen molar-refractivity contribution in [1.29, 1.82) is 0 Å². The molecule has 4 nitrogen and oxygen atoms in total. The first-order valence-corrected chi connectivity index (χ1v) is 7.22. The number of aromatic nitrogens is 2. The van der Waals surface area contributed by atoms with Crippen molar-refractivity contribution in [3.63, 3.8) is 0 Å². The fraction of sp³-hybridized carbons (Fsp3) is 0.417. The Morgan fingerprint density at radius 2 is 2.06 bits per heavy atom. The van der Waals surface area contributed by atoms with Gasteiger partial charge in [-0.25, -0.2) is 9.97 Å². The molecule has 1 amide bonds. The lowest BCUT2D eigenvalue weighted by molar-refractivity contribution is 0.100. The van der Waals surface area contributed by atoms with Gasteiger partial charge in [0.15, 0.2) is 0 Å². The van der Waals surface area contributed by atoms with E-state index in [1.807, 2.05) is 6.92 Å². The van der Waals surface area contributed by atoms with Crippen LogP contribution in [-0.4, -0.2) is 15.9 Å². The van der Waals surface area contributed by atoms with Gasteiger partial charge in [0, 0.05) is 5.41 Å². The summed E-state index contributed by atoms with van der Waals surface area (Å²) in [6.45, 7) is 8.12. The topological polar surface area (TPSA) is 68.9 Å². The third-order valence-corrected chi connectivity index (χ3v) is 4.88. The summed E-state index contributed by atoms with van der Waals surface area (Å²) in [6.07, 6.45) is 0. The summed E-state index contributed by atoms with van der Waals surface area (Å²) in [6, 6.07) is 0. The number of thiazole rings is 2. The van der Waals surface area contributed by atoms with Gasteiger partial charge >= 0.3 is 0 Å². The van der Waals surface area contributed by atoms with Crippen molar-refractivity contribution in [1.82, 2.24) is 9.97 Å². The maximum Gasteiger partial charge on any atom is 0.261 e. The van der Waals surface area contributed by atoms with Gasteiger partial charge in [-0.2, -0.15) is 0 Å². The summed E-state index contributed by atoms with van der Waals surface area (Å²) in [5.74, 6) is -0.425. The number of carbonyl (C=O) groups is 1. The molecule has 0 aliphatic carbocycles. The number of carbonyl (C=O) groups excluding carboxylic acids is 1. The number of amides is 1. The molecular formula is C12H15N3OS2. The van der Waals surface area contributed by atoms with Crippen molar-refractivity contribution < 1.29 is 4.79 Å². The van der Waals surface area contributed by atoms with Gasteiger partial charge in [0.1, 0.15) is 10.6 Å². The third kappa shape index (κ3) is 2.30. The highest BCUT2D eigenvalue weighted by atomic mass is 32.1. The molecule has 0 unspecified atom stereocenters. The highest BCUT2D eigenvalue weighted by Crippen LogP contribution is 2.36. The zero-order valence-electron chi connectivity index (χ0n) is 10.8. The van der Waals surface area contributed by atoms with Crippen LogP contribution >= 0.6 is 22.7 Å². The Labute approximate surface area is 114 Å². The number of nitrogens with two attached hydrogens (primary N) is 1. The van der Waals surface area contributed by atoms with E-state index >= 15 is 0 Å². The van der Waals surface area contributed by atoms with Crippen molar-refractivity contribution in [3.8, 4) is 10.6 Å². The third-order valence-electron chi connectivity index (χ3n) is 2.45. The summed E-state index contributed by atoms with van der Waals surface area (Å²) in [4.78, 5) is 21.8. The molecule has 0 bridgehead atoms. The van der Waals surface area contributed by atoms with Gasteiger partial charge in [0.25, 0.3) is 5.91 Å². The molecule has 2 rings (SSSR count). The fourth-order valence-corrected chi connectivity index (χ4v) is 3.34. The first kappa shape index (κ1) is 13.2. The van der Waals surface area contributed by atoms with Gasteiger partial charge in [-0.1, -0.05) is 20.8 Å². The van der Waals surface area contributed by atoms with Crippen molar-refractivity contribution in [2.75, 3.05) is 0 Å². The van der Waals surface area contributed by atoms with E-state index in [1.54, 1.807) is 5.51 Å². The van der Waals surface area contributed by atoms with Crippen molar-refractivity contribution in [2.24, 2.45) is 5.73 Å². The lowest BCUT2D eigenvalue weighted by atomic mass is 9.98. The first-order chi connectivity index (χ1) is 8.30. The van der Waals surface area contributed by atoms with Crippen LogP contribution in [0.4, 0.5) is 0 Å². The zero-order chi connectivity index (χ0) is 13.5. The molecule has 6 heteroatoms. The Kier molecular flexibility index (Phi) is 3.25. The fourth-order valence-electron chi connectivity index (χ4n) is 1.49. The standard InChI is InChI=1S/C12H15N3OS2/c1-6-8(17-5-14-6)7-9(10(13)16)18-11(15-7)12(2,3)4/h5H,1-4H3,(H2,13,16). The Morgan fingerprint density at radius 3 is 2.50 bits per heavy atom. The highest BCUT2D eigenvalue weighted by Gasteiger charge is 2.25. The minimum Gasteiger partial charge on any atom is -0.365 e. The van der Waals surface area contributed by atoms with Crippen molar-refractivity contribution in [2.45, 2.75) is 33.1 Å². The average Bonchev–Trinajstić information content (AvgIpc) is 2.81. The largest absolute Gasteiger partial charge is 0.365 e. The second-order valence-corrected chi connectivity index (χ2v) is 6.93. The van der Waals surface area contributed by atoms with Crippen molar-refractivity contribution >= 4 is 28.6 Å². The maximum absolute atomic E-state index is 11.5. The summed E-state index contributed by atoms with van der Waals surface area (Å²) in [5.41, 5.74) is 8.67. The second-order valence-electron chi connectivity index (χ2n) is 5.08. The number of hydrogen-bond acceptors (Lipinski definition) is 5. The van der Waals surface area contributed by atoms with E-state index in [9.17, 15) is 4.79 Å². The quantitative estimate of drug-likeness (QED) is 0.920. The SMILES string of the molecule is Cc1ncsc1-c1nc(C(C)(C)C)sc1C(N)=O. The Hall–Kier alpha value is -1.27. The Bertz CT molecular complexity index is 593. The van der Waals surface area contributed by atoms with Gasteiger partial charge in [-0.05, 0) is 6.92 Å². The predicted molar refractivity (Wildman–Crippen MR) is 75.2 cm³/mol. The van der Waals surface area contributed by atoms with E-state index < -0.39 is 5.91 Å². The minimum absolute atomic E-state index is 0.0916. The maximum atomic E-state index is 11.5.